The Morgan fingerprint density at radius 2 is 1.67 bits per heavy atom. The van der Waals surface area contributed by atoms with Gasteiger partial charge in [0.2, 0.25) is 0 Å². The summed E-state index contributed by atoms with van der Waals surface area (Å²) in [5.74, 6) is 1.51. The normalized spacial score (nSPS) is 14.8. The van der Waals surface area contributed by atoms with Gasteiger partial charge < -0.3 is 19.9 Å². The number of nitrogens with one attached hydrogen (secondary N) is 1. The lowest BCUT2D eigenvalue weighted by Crippen LogP contribution is -2.53. The van der Waals surface area contributed by atoms with Crippen molar-refractivity contribution in [1.29, 1.82) is 0 Å². The Labute approximate surface area is 196 Å². The molecule has 1 aliphatic rings. The molecule has 0 saturated carbocycles. The van der Waals surface area contributed by atoms with Gasteiger partial charge in [-0.3, -0.25) is 4.99 Å². The highest BCUT2D eigenvalue weighted by Gasteiger charge is 2.19. The van der Waals surface area contributed by atoms with Gasteiger partial charge in [0.15, 0.2) is 15.8 Å². The molecular weight excluding hydrogens is 515 g/mol. The Balaban J connectivity index is 0.00000320. The number of para-hydroxylation sites is 1. The van der Waals surface area contributed by atoms with Crippen LogP contribution in [0.2, 0.25) is 0 Å². The maximum Gasteiger partial charge on any atom is 0.193 e. The summed E-state index contributed by atoms with van der Waals surface area (Å²) in [5, 5.41) is 3.34. The largest absolute Gasteiger partial charge is 0.492 e. The second-order valence-corrected chi connectivity index (χ2v) is 8.89. The van der Waals surface area contributed by atoms with E-state index in [-0.39, 0.29) is 28.9 Å². The Bertz CT molecular complexity index is 913. The summed E-state index contributed by atoms with van der Waals surface area (Å²) in [6, 6.07) is 16.9. The van der Waals surface area contributed by atoms with Gasteiger partial charge in [0.1, 0.15) is 12.4 Å². The first-order valence-electron chi connectivity index (χ1n) is 9.66. The number of piperazine rings is 1. The van der Waals surface area contributed by atoms with Crippen LogP contribution in [0.25, 0.3) is 0 Å². The van der Waals surface area contributed by atoms with Gasteiger partial charge in [-0.25, -0.2) is 8.42 Å². The van der Waals surface area contributed by atoms with E-state index in [9.17, 15) is 8.42 Å². The maximum absolute atomic E-state index is 11.5. The number of anilines is 1. The van der Waals surface area contributed by atoms with Gasteiger partial charge in [-0.2, -0.15) is 0 Å². The van der Waals surface area contributed by atoms with Crippen LogP contribution in [-0.2, 0) is 9.84 Å². The molecule has 30 heavy (non-hydrogen) atoms. The van der Waals surface area contributed by atoms with Crippen LogP contribution in [0.3, 0.4) is 0 Å². The van der Waals surface area contributed by atoms with Crippen LogP contribution in [0.15, 0.2) is 64.5 Å². The molecule has 1 fully saturated rings. The molecule has 0 spiro atoms. The Morgan fingerprint density at radius 1 is 1.03 bits per heavy atom. The van der Waals surface area contributed by atoms with E-state index in [1.165, 1.54) is 11.9 Å². The molecule has 0 bridgehead atoms. The standard InChI is InChI=1S/C21H28N4O3S.HI/c1-22-21(25-15-13-24(14-16-25)18-6-4-3-5-7-18)23-12-17-28-19-8-10-20(11-9-19)29(2,26)27;/h3-11H,12-17H2,1-2H3,(H,22,23);1H. The van der Waals surface area contributed by atoms with Gasteiger partial charge in [-0.05, 0) is 36.4 Å². The predicted molar refractivity (Wildman–Crippen MR) is 132 cm³/mol. The van der Waals surface area contributed by atoms with Crippen molar-refractivity contribution in [2.45, 2.75) is 4.90 Å². The molecule has 0 amide bonds. The van der Waals surface area contributed by atoms with E-state index < -0.39 is 9.84 Å². The monoisotopic (exact) mass is 544 g/mol. The average molecular weight is 544 g/mol. The minimum Gasteiger partial charge on any atom is -0.492 e. The van der Waals surface area contributed by atoms with Crippen LogP contribution in [0.1, 0.15) is 0 Å². The third-order valence-corrected chi connectivity index (χ3v) is 5.95. The van der Waals surface area contributed by atoms with E-state index in [2.05, 4.69) is 44.4 Å². The number of benzene rings is 2. The van der Waals surface area contributed by atoms with Crippen LogP contribution in [0.5, 0.6) is 5.75 Å². The molecule has 1 aliphatic heterocycles. The number of nitrogens with zero attached hydrogens (tertiary/aromatic N) is 3. The number of aliphatic imine (C=N–C) groups is 1. The molecule has 0 aliphatic carbocycles. The average Bonchev–Trinajstić information content (AvgIpc) is 2.74. The van der Waals surface area contributed by atoms with Crippen molar-refractivity contribution in [3.05, 3.63) is 54.6 Å². The minimum absolute atomic E-state index is 0. The molecule has 0 unspecified atom stereocenters. The van der Waals surface area contributed by atoms with E-state index in [1.54, 1.807) is 31.3 Å². The zero-order chi connectivity index (χ0) is 20.7. The number of guanidine groups is 1. The van der Waals surface area contributed by atoms with E-state index in [1.807, 2.05) is 6.07 Å². The zero-order valence-corrected chi connectivity index (χ0v) is 20.5. The number of ether oxygens (including phenoxy) is 1. The molecule has 2 aromatic carbocycles. The number of halogens is 1. The Morgan fingerprint density at radius 3 is 2.23 bits per heavy atom. The summed E-state index contributed by atoms with van der Waals surface area (Å²) < 4.78 is 28.7. The van der Waals surface area contributed by atoms with Crippen LogP contribution >= 0.6 is 24.0 Å². The SMILES string of the molecule is CN=C(NCCOc1ccc(S(C)(=O)=O)cc1)N1CCN(c2ccccc2)CC1.I. The summed E-state index contributed by atoms with van der Waals surface area (Å²) in [7, 11) is -1.40. The molecule has 0 radical (unpaired) electrons. The summed E-state index contributed by atoms with van der Waals surface area (Å²) in [6.45, 7) is 4.78. The van der Waals surface area contributed by atoms with Gasteiger partial charge in [0.05, 0.1) is 11.4 Å². The smallest absolute Gasteiger partial charge is 0.193 e. The second kappa shape index (κ2) is 11.4. The van der Waals surface area contributed by atoms with E-state index >= 15 is 0 Å². The lowest BCUT2D eigenvalue weighted by molar-refractivity contribution is 0.315. The first-order valence-corrected chi connectivity index (χ1v) is 11.5. The molecule has 2 aromatic rings. The van der Waals surface area contributed by atoms with E-state index in [4.69, 9.17) is 4.74 Å². The fourth-order valence-corrected chi connectivity index (χ4v) is 3.89. The topological polar surface area (TPSA) is 74.2 Å². The van der Waals surface area contributed by atoms with Gasteiger partial charge >= 0.3 is 0 Å². The fraction of sp³-hybridized carbons (Fsp3) is 0.381. The first kappa shape index (κ1) is 24.3. The number of sulfone groups is 1. The van der Waals surface area contributed by atoms with Crippen molar-refractivity contribution in [3.8, 4) is 5.75 Å². The lowest BCUT2D eigenvalue weighted by Gasteiger charge is -2.37. The van der Waals surface area contributed by atoms with Crippen LogP contribution in [0, 0.1) is 0 Å². The van der Waals surface area contributed by atoms with Crippen LogP contribution < -0.4 is 15.0 Å². The third-order valence-electron chi connectivity index (χ3n) is 4.82. The van der Waals surface area contributed by atoms with E-state index in [0.29, 0.717) is 18.9 Å². The Kier molecular flexibility index (Phi) is 9.22. The molecule has 164 valence electrons. The summed E-state index contributed by atoms with van der Waals surface area (Å²) >= 11 is 0. The maximum atomic E-state index is 11.5. The van der Waals surface area contributed by atoms with Crippen molar-refractivity contribution in [1.82, 2.24) is 10.2 Å². The lowest BCUT2D eigenvalue weighted by atomic mass is 10.2. The van der Waals surface area contributed by atoms with Crippen LogP contribution in [-0.4, -0.2) is 71.9 Å². The van der Waals surface area contributed by atoms with E-state index in [0.717, 1.165) is 32.1 Å². The van der Waals surface area contributed by atoms with Gasteiger partial charge in [0, 0.05) is 45.2 Å². The molecule has 1 N–H and O–H groups in total. The molecule has 7 nitrogen and oxygen atoms in total. The minimum atomic E-state index is -3.19. The van der Waals surface area contributed by atoms with Gasteiger partial charge in [-0.1, -0.05) is 18.2 Å². The number of rotatable bonds is 6. The molecule has 1 heterocycles. The van der Waals surface area contributed by atoms with Gasteiger partial charge in [-0.15, -0.1) is 24.0 Å². The Hall–Kier alpha value is -2.01. The number of hydrogen-bond donors (Lipinski definition) is 1. The van der Waals surface area contributed by atoms with Crippen LogP contribution in [0.4, 0.5) is 5.69 Å². The molecule has 3 rings (SSSR count). The highest BCUT2D eigenvalue weighted by molar-refractivity contribution is 14.0. The molecule has 1 saturated heterocycles. The van der Waals surface area contributed by atoms with Gasteiger partial charge in [0.25, 0.3) is 0 Å². The van der Waals surface area contributed by atoms with Crippen molar-refractivity contribution in [3.63, 3.8) is 0 Å². The molecule has 0 atom stereocenters. The molecular formula is C21H29IN4O3S. The second-order valence-electron chi connectivity index (χ2n) is 6.88. The van der Waals surface area contributed by atoms with Crippen molar-refractivity contribution < 1.29 is 13.2 Å². The van der Waals surface area contributed by atoms with Crippen molar-refractivity contribution in [2.24, 2.45) is 4.99 Å². The highest BCUT2D eigenvalue weighted by Crippen LogP contribution is 2.16. The quantitative estimate of drug-likeness (QED) is 0.261. The van der Waals surface area contributed by atoms with Crippen molar-refractivity contribution >= 4 is 45.5 Å². The number of hydrogen-bond acceptors (Lipinski definition) is 5. The molecule has 0 aromatic heterocycles. The predicted octanol–water partition coefficient (Wildman–Crippen LogP) is 2.48. The summed E-state index contributed by atoms with van der Waals surface area (Å²) in [6.07, 6.45) is 1.19. The zero-order valence-electron chi connectivity index (χ0n) is 17.3. The highest BCUT2D eigenvalue weighted by atomic mass is 127. The molecule has 9 heteroatoms. The first-order chi connectivity index (χ1) is 14.0. The summed E-state index contributed by atoms with van der Waals surface area (Å²) in [4.78, 5) is 9.31. The fourth-order valence-electron chi connectivity index (χ4n) is 3.26. The van der Waals surface area contributed by atoms with Crippen molar-refractivity contribution in [2.75, 3.05) is 57.5 Å². The summed E-state index contributed by atoms with van der Waals surface area (Å²) in [5.41, 5.74) is 1.25. The third kappa shape index (κ3) is 6.76.